The Balaban J connectivity index is 2.35. The first kappa shape index (κ1) is 14.4. The third-order valence-electron chi connectivity index (χ3n) is 2.90. The molecule has 1 rings (SSSR count). The second-order valence-corrected chi connectivity index (χ2v) is 4.13. The van der Waals surface area contributed by atoms with Crippen molar-refractivity contribution in [2.24, 2.45) is 0 Å². The van der Waals surface area contributed by atoms with Crippen LogP contribution in [0.4, 0.5) is 0 Å². The number of piperazine rings is 1. The fraction of sp³-hybridized carbons (Fsp3) is 0.727. The lowest BCUT2D eigenvalue weighted by atomic mass is 10.3. The molecule has 0 radical (unpaired) electrons. The second kappa shape index (κ2) is 6.95. The third kappa shape index (κ3) is 3.99. The maximum absolute atomic E-state index is 11.7. The molecule has 0 aromatic heterocycles. The van der Waals surface area contributed by atoms with Crippen molar-refractivity contribution in [1.29, 1.82) is 0 Å². The molecule has 0 spiro atoms. The molecule has 7 nitrogen and oxygen atoms in total. The molecule has 3 amide bonds. The minimum atomic E-state index is -0.713. The smallest absolute Gasteiger partial charge is 0.311 e. The monoisotopic (exact) mass is 256 g/mol. The Labute approximate surface area is 106 Å². The molecule has 0 atom stereocenters. The van der Waals surface area contributed by atoms with Gasteiger partial charge < -0.3 is 20.4 Å². The van der Waals surface area contributed by atoms with E-state index < -0.39 is 11.8 Å². The lowest BCUT2D eigenvalue weighted by Gasteiger charge is -2.26. The molecule has 0 bridgehead atoms. The van der Waals surface area contributed by atoms with E-state index in [9.17, 15) is 14.4 Å². The number of carbonyl (C=O) groups is 3. The Hall–Kier alpha value is -1.63. The van der Waals surface area contributed by atoms with E-state index in [4.69, 9.17) is 0 Å². The first-order valence-corrected chi connectivity index (χ1v) is 6.08. The van der Waals surface area contributed by atoms with Crippen molar-refractivity contribution in [3.8, 4) is 0 Å². The maximum atomic E-state index is 11.7. The summed E-state index contributed by atoms with van der Waals surface area (Å²) in [5, 5.41) is 5.45. The highest BCUT2D eigenvalue weighted by atomic mass is 16.2. The highest BCUT2D eigenvalue weighted by Crippen LogP contribution is 1.93. The van der Waals surface area contributed by atoms with E-state index >= 15 is 0 Å². The van der Waals surface area contributed by atoms with Crippen LogP contribution in [0, 0.1) is 0 Å². The lowest BCUT2D eigenvalue weighted by Crippen LogP contribution is -2.52. The minimum Gasteiger partial charge on any atom is -0.345 e. The van der Waals surface area contributed by atoms with Crippen LogP contribution in [-0.2, 0) is 14.4 Å². The Bertz CT molecular complexity index is 326. The molecule has 1 aliphatic rings. The van der Waals surface area contributed by atoms with Gasteiger partial charge in [0, 0.05) is 39.8 Å². The average Bonchev–Trinajstić information content (AvgIpc) is 2.43. The number of amides is 3. The summed E-state index contributed by atoms with van der Waals surface area (Å²) in [6, 6.07) is 0. The fourth-order valence-corrected chi connectivity index (χ4v) is 1.55. The SMILES string of the molecule is CCN(C)C(=O)CNC(=O)C(=O)N1CCNCC1. The normalized spacial score (nSPS) is 15.1. The van der Waals surface area contributed by atoms with E-state index in [-0.39, 0.29) is 12.5 Å². The summed E-state index contributed by atoms with van der Waals surface area (Å²) in [5.41, 5.74) is 0. The molecule has 0 aromatic rings. The van der Waals surface area contributed by atoms with Crippen molar-refractivity contribution in [2.45, 2.75) is 6.92 Å². The first-order chi connectivity index (χ1) is 8.56. The van der Waals surface area contributed by atoms with Crippen LogP contribution >= 0.6 is 0 Å². The van der Waals surface area contributed by atoms with Crippen molar-refractivity contribution >= 4 is 17.7 Å². The second-order valence-electron chi connectivity index (χ2n) is 4.13. The molecule has 0 saturated carbocycles. The van der Waals surface area contributed by atoms with E-state index in [0.29, 0.717) is 32.7 Å². The third-order valence-corrected chi connectivity index (χ3v) is 2.90. The fourth-order valence-electron chi connectivity index (χ4n) is 1.55. The van der Waals surface area contributed by atoms with Crippen LogP contribution in [0.25, 0.3) is 0 Å². The van der Waals surface area contributed by atoms with Crippen molar-refractivity contribution in [3.63, 3.8) is 0 Å². The molecular formula is C11H20N4O3. The number of likely N-dealkylation sites (N-methyl/N-ethyl adjacent to an activating group) is 1. The molecule has 7 heteroatoms. The van der Waals surface area contributed by atoms with Crippen molar-refractivity contribution in [3.05, 3.63) is 0 Å². The topological polar surface area (TPSA) is 81.8 Å². The van der Waals surface area contributed by atoms with Gasteiger partial charge in [0.05, 0.1) is 6.54 Å². The highest BCUT2D eigenvalue weighted by molar-refractivity contribution is 6.35. The van der Waals surface area contributed by atoms with E-state index in [0.717, 1.165) is 0 Å². The molecule has 0 aliphatic carbocycles. The van der Waals surface area contributed by atoms with Gasteiger partial charge in [-0.05, 0) is 6.92 Å². The van der Waals surface area contributed by atoms with E-state index in [1.54, 1.807) is 7.05 Å². The number of nitrogens with zero attached hydrogens (tertiary/aromatic N) is 2. The Kier molecular flexibility index (Phi) is 5.57. The van der Waals surface area contributed by atoms with Gasteiger partial charge in [-0.3, -0.25) is 14.4 Å². The molecule has 102 valence electrons. The number of rotatable bonds is 3. The van der Waals surface area contributed by atoms with Gasteiger partial charge in [-0.2, -0.15) is 0 Å². The summed E-state index contributed by atoms with van der Waals surface area (Å²) in [6.07, 6.45) is 0. The molecule has 1 fully saturated rings. The summed E-state index contributed by atoms with van der Waals surface area (Å²) in [4.78, 5) is 37.7. The zero-order valence-electron chi connectivity index (χ0n) is 10.9. The largest absolute Gasteiger partial charge is 0.345 e. The van der Waals surface area contributed by atoms with Crippen LogP contribution in [0.15, 0.2) is 0 Å². The molecular weight excluding hydrogens is 236 g/mol. The molecule has 1 aliphatic heterocycles. The molecule has 0 unspecified atom stereocenters. The Morgan fingerprint density at radius 3 is 2.44 bits per heavy atom. The van der Waals surface area contributed by atoms with Crippen molar-refractivity contribution < 1.29 is 14.4 Å². The summed E-state index contributed by atoms with van der Waals surface area (Å²) in [6.45, 7) is 4.70. The molecule has 1 saturated heterocycles. The highest BCUT2D eigenvalue weighted by Gasteiger charge is 2.23. The zero-order chi connectivity index (χ0) is 13.5. The minimum absolute atomic E-state index is 0.138. The van der Waals surface area contributed by atoms with Crippen LogP contribution in [0.5, 0.6) is 0 Å². The predicted molar refractivity (Wildman–Crippen MR) is 65.8 cm³/mol. The van der Waals surface area contributed by atoms with Gasteiger partial charge >= 0.3 is 11.8 Å². The average molecular weight is 256 g/mol. The van der Waals surface area contributed by atoms with Gasteiger partial charge in [0.15, 0.2) is 0 Å². The van der Waals surface area contributed by atoms with Gasteiger partial charge in [0.2, 0.25) is 5.91 Å². The summed E-state index contributed by atoms with van der Waals surface area (Å²) < 4.78 is 0. The van der Waals surface area contributed by atoms with Crippen LogP contribution in [0.1, 0.15) is 6.92 Å². The van der Waals surface area contributed by atoms with Gasteiger partial charge in [-0.15, -0.1) is 0 Å². The van der Waals surface area contributed by atoms with Crippen molar-refractivity contribution in [1.82, 2.24) is 20.4 Å². The molecule has 0 aromatic carbocycles. The Morgan fingerprint density at radius 1 is 1.28 bits per heavy atom. The zero-order valence-corrected chi connectivity index (χ0v) is 10.9. The van der Waals surface area contributed by atoms with Crippen LogP contribution < -0.4 is 10.6 Å². The summed E-state index contributed by atoms with van der Waals surface area (Å²) >= 11 is 0. The van der Waals surface area contributed by atoms with E-state index in [1.165, 1.54) is 9.80 Å². The van der Waals surface area contributed by atoms with Crippen molar-refractivity contribution in [2.75, 3.05) is 46.3 Å². The molecule has 18 heavy (non-hydrogen) atoms. The van der Waals surface area contributed by atoms with Crippen LogP contribution in [0.3, 0.4) is 0 Å². The molecule has 2 N–H and O–H groups in total. The number of nitrogens with one attached hydrogen (secondary N) is 2. The van der Waals surface area contributed by atoms with Gasteiger partial charge in [0.1, 0.15) is 0 Å². The summed E-state index contributed by atoms with van der Waals surface area (Å²) in [5.74, 6) is -1.49. The standard InChI is InChI=1S/C11H20N4O3/c1-3-14(2)9(16)8-13-10(17)11(18)15-6-4-12-5-7-15/h12H,3-8H2,1-2H3,(H,13,17). The van der Waals surface area contributed by atoms with Gasteiger partial charge in [-0.25, -0.2) is 0 Å². The molecule has 1 heterocycles. The number of carbonyl (C=O) groups excluding carboxylic acids is 3. The van der Waals surface area contributed by atoms with Crippen LogP contribution in [0.2, 0.25) is 0 Å². The quantitative estimate of drug-likeness (QED) is 0.573. The lowest BCUT2D eigenvalue weighted by molar-refractivity contribution is -0.146. The number of hydrogen-bond acceptors (Lipinski definition) is 4. The van der Waals surface area contributed by atoms with E-state index in [1.807, 2.05) is 6.92 Å². The Morgan fingerprint density at radius 2 is 1.89 bits per heavy atom. The van der Waals surface area contributed by atoms with E-state index in [2.05, 4.69) is 10.6 Å². The van der Waals surface area contributed by atoms with Gasteiger partial charge in [-0.1, -0.05) is 0 Å². The predicted octanol–water partition coefficient (Wildman–Crippen LogP) is -1.99. The maximum Gasteiger partial charge on any atom is 0.311 e. The van der Waals surface area contributed by atoms with Gasteiger partial charge in [0.25, 0.3) is 0 Å². The number of hydrogen-bond donors (Lipinski definition) is 2. The summed E-state index contributed by atoms with van der Waals surface area (Å²) in [7, 11) is 1.65. The first-order valence-electron chi connectivity index (χ1n) is 6.08. The van der Waals surface area contributed by atoms with Crippen LogP contribution in [-0.4, -0.2) is 73.8 Å².